The van der Waals surface area contributed by atoms with Crippen molar-refractivity contribution in [3.05, 3.63) is 69.7 Å². The minimum Gasteiger partial charge on any atom is -0.384 e. The summed E-state index contributed by atoms with van der Waals surface area (Å²) in [7, 11) is 0. The van der Waals surface area contributed by atoms with Crippen molar-refractivity contribution in [1.82, 2.24) is 0 Å². The van der Waals surface area contributed by atoms with Crippen LogP contribution in [0.4, 0.5) is 0 Å². The van der Waals surface area contributed by atoms with Crippen LogP contribution in [0.15, 0.2) is 42.5 Å². The Balaban J connectivity index is 2.29. The van der Waals surface area contributed by atoms with Crippen molar-refractivity contribution in [1.29, 1.82) is 0 Å². The van der Waals surface area contributed by atoms with E-state index in [4.69, 9.17) is 11.6 Å². The molecular weight excluding hydrogens is 232 g/mol. The molecule has 0 saturated heterocycles. The Morgan fingerprint density at radius 2 is 1.59 bits per heavy atom. The molecule has 0 aromatic heterocycles. The molecule has 17 heavy (non-hydrogen) atoms. The van der Waals surface area contributed by atoms with Crippen LogP contribution in [0.25, 0.3) is 12.2 Å². The van der Waals surface area contributed by atoms with Gasteiger partial charge in [0.1, 0.15) is 6.10 Å². The first-order chi connectivity index (χ1) is 8.27. The normalized spacial score (nSPS) is 17.2. The summed E-state index contributed by atoms with van der Waals surface area (Å²) in [4.78, 5) is 0. The maximum Gasteiger partial charge on any atom is 0.107 e. The minimum absolute atomic E-state index is 0.608. The number of rotatable bonds is 0. The molecule has 3 rings (SSSR count). The third kappa shape index (κ3) is 1.68. The van der Waals surface area contributed by atoms with Crippen molar-refractivity contribution in [2.45, 2.75) is 6.10 Å². The molecule has 0 aliphatic heterocycles. The van der Waals surface area contributed by atoms with Crippen LogP contribution in [-0.2, 0) is 0 Å². The number of aliphatic hydroxyl groups excluding tert-OH is 1. The molecule has 0 heterocycles. The Morgan fingerprint density at radius 1 is 0.882 bits per heavy atom. The van der Waals surface area contributed by atoms with Crippen LogP contribution in [0.5, 0.6) is 0 Å². The van der Waals surface area contributed by atoms with Crippen molar-refractivity contribution in [3.63, 3.8) is 0 Å². The van der Waals surface area contributed by atoms with Crippen molar-refractivity contribution in [2.24, 2.45) is 0 Å². The average molecular weight is 243 g/mol. The van der Waals surface area contributed by atoms with Crippen LogP contribution < -0.4 is 0 Å². The zero-order valence-electron chi connectivity index (χ0n) is 9.10. The number of hydrogen-bond acceptors (Lipinski definition) is 1. The third-order valence-electron chi connectivity index (χ3n) is 3.09. The summed E-state index contributed by atoms with van der Waals surface area (Å²) in [5.74, 6) is 0. The molecule has 0 radical (unpaired) electrons. The molecule has 2 aromatic rings. The van der Waals surface area contributed by atoms with Crippen LogP contribution >= 0.6 is 11.6 Å². The van der Waals surface area contributed by atoms with Crippen LogP contribution in [0.2, 0.25) is 5.02 Å². The van der Waals surface area contributed by atoms with Gasteiger partial charge in [-0.3, -0.25) is 0 Å². The van der Waals surface area contributed by atoms with Crippen molar-refractivity contribution in [3.8, 4) is 0 Å². The lowest BCUT2D eigenvalue weighted by molar-refractivity contribution is 0.220. The van der Waals surface area contributed by atoms with Crippen molar-refractivity contribution < 1.29 is 5.11 Å². The smallest absolute Gasteiger partial charge is 0.107 e. The minimum atomic E-state index is -0.662. The summed E-state index contributed by atoms with van der Waals surface area (Å²) in [6, 6.07) is 13.5. The highest BCUT2D eigenvalue weighted by molar-refractivity contribution is 6.31. The molecule has 1 unspecified atom stereocenters. The van der Waals surface area contributed by atoms with E-state index in [1.54, 1.807) is 0 Å². The summed E-state index contributed by atoms with van der Waals surface area (Å²) in [6.07, 6.45) is 3.35. The van der Waals surface area contributed by atoms with Crippen molar-refractivity contribution >= 4 is 23.8 Å². The SMILES string of the molecule is OC1c2ccccc2C=Cc2cccc(Cl)c21. The fourth-order valence-electron chi connectivity index (χ4n) is 2.23. The first-order valence-electron chi connectivity index (χ1n) is 5.51. The zero-order valence-corrected chi connectivity index (χ0v) is 9.85. The number of halogens is 1. The number of benzene rings is 2. The van der Waals surface area contributed by atoms with Gasteiger partial charge in [0, 0.05) is 10.6 Å². The highest BCUT2D eigenvalue weighted by Crippen LogP contribution is 2.36. The van der Waals surface area contributed by atoms with Gasteiger partial charge in [0.25, 0.3) is 0 Å². The van der Waals surface area contributed by atoms with Crippen LogP contribution in [0.1, 0.15) is 28.4 Å². The second-order valence-electron chi connectivity index (χ2n) is 4.11. The Labute approximate surface area is 105 Å². The molecule has 1 N–H and O–H groups in total. The molecule has 0 amide bonds. The average Bonchev–Trinajstić information content (AvgIpc) is 2.49. The van der Waals surface area contributed by atoms with E-state index in [-0.39, 0.29) is 0 Å². The first kappa shape index (κ1) is 10.6. The van der Waals surface area contributed by atoms with E-state index < -0.39 is 6.10 Å². The summed E-state index contributed by atoms with van der Waals surface area (Å²) in [5.41, 5.74) is 3.69. The molecule has 84 valence electrons. The van der Waals surface area contributed by atoms with Gasteiger partial charge in [0.2, 0.25) is 0 Å². The Kier molecular flexibility index (Phi) is 2.50. The molecule has 0 bridgehead atoms. The summed E-state index contributed by atoms with van der Waals surface area (Å²) < 4.78 is 0. The van der Waals surface area contributed by atoms with Crippen LogP contribution in [-0.4, -0.2) is 5.11 Å². The maximum absolute atomic E-state index is 10.4. The molecule has 0 spiro atoms. The molecule has 2 aromatic carbocycles. The maximum atomic E-state index is 10.4. The van der Waals surface area contributed by atoms with Crippen LogP contribution in [0.3, 0.4) is 0 Å². The topological polar surface area (TPSA) is 20.2 Å². The van der Waals surface area contributed by atoms with E-state index in [9.17, 15) is 5.11 Å². The van der Waals surface area contributed by atoms with Crippen LogP contribution in [0, 0.1) is 0 Å². The predicted octanol–water partition coefficient (Wildman–Crippen LogP) is 3.91. The van der Waals surface area contributed by atoms with E-state index in [2.05, 4.69) is 0 Å². The van der Waals surface area contributed by atoms with Gasteiger partial charge in [-0.25, -0.2) is 0 Å². The van der Waals surface area contributed by atoms with E-state index >= 15 is 0 Å². The largest absolute Gasteiger partial charge is 0.384 e. The lowest BCUT2D eigenvalue weighted by Gasteiger charge is -2.15. The Hall–Kier alpha value is -1.57. The van der Waals surface area contributed by atoms with Gasteiger partial charge >= 0.3 is 0 Å². The molecule has 2 heteroatoms. The number of hydrogen-bond donors (Lipinski definition) is 1. The summed E-state index contributed by atoms with van der Waals surface area (Å²) in [6.45, 7) is 0. The lowest BCUT2D eigenvalue weighted by Crippen LogP contribution is -2.03. The zero-order chi connectivity index (χ0) is 11.8. The Bertz CT molecular complexity index is 602. The monoisotopic (exact) mass is 242 g/mol. The van der Waals surface area contributed by atoms with Crippen molar-refractivity contribution in [2.75, 3.05) is 0 Å². The second kappa shape index (κ2) is 4.02. The summed E-state index contributed by atoms with van der Waals surface area (Å²) >= 11 is 6.18. The fraction of sp³-hybridized carbons (Fsp3) is 0.0667. The van der Waals surface area contributed by atoms with Gasteiger partial charge in [-0.1, -0.05) is 60.2 Å². The third-order valence-corrected chi connectivity index (χ3v) is 3.42. The fourth-order valence-corrected chi connectivity index (χ4v) is 2.52. The summed E-state index contributed by atoms with van der Waals surface area (Å²) in [5, 5.41) is 11.1. The van der Waals surface area contributed by atoms with E-state index in [1.807, 2.05) is 54.6 Å². The molecule has 1 aliphatic rings. The van der Waals surface area contributed by atoms with Gasteiger partial charge in [-0.15, -0.1) is 0 Å². The van der Waals surface area contributed by atoms with E-state index in [0.29, 0.717) is 5.02 Å². The molecule has 1 nitrogen and oxygen atoms in total. The molecule has 0 saturated carbocycles. The molecule has 1 aliphatic carbocycles. The molecule has 1 atom stereocenters. The highest BCUT2D eigenvalue weighted by Gasteiger charge is 2.20. The lowest BCUT2D eigenvalue weighted by atomic mass is 9.97. The Morgan fingerprint density at radius 3 is 2.47 bits per heavy atom. The van der Waals surface area contributed by atoms with Gasteiger partial charge in [0.15, 0.2) is 0 Å². The van der Waals surface area contributed by atoms with Gasteiger partial charge < -0.3 is 5.11 Å². The first-order valence-corrected chi connectivity index (χ1v) is 5.88. The second-order valence-corrected chi connectivity index (χ2v) is 4.51. The quantitative estimate of drug-likeness (QED) is 0.743. The standard InChI is InChI=1S/C15H11ClO/c16-13-7-3-5-11-9-8-10-4-1-2-6-12(10)15(17)14(11)13/h1-9,15,17H. The van der Waals surface area contributed by atoms with Gasteiger partial charge in [-0.2, -0.15) is 0 Å². The highest BCUT2D eigenvalue weighted by atomic mass is 35.5. The van der Waals surface area contributed by atoms with E-state index in [1.165, 1.54) is 0 Å². The number of fused-ring (bicyclic) bond motifs is 2. The predicted molar refractivity (Wildman–Crippen MR) is 70.9 cm³/mol. The molecule has 0 fully saturated rings. The van der Waals surface area contributed by atoms with Gasteiger partial charge in [0.05, 0.1) is 0 Å². The molecular formula is C15H11ClO. The van der Waals surface area contributed by atoms with E-state index in [0.717, 1.165) is 22.3 Å². The number of aliphatic hydroxyl groups is 1. The van der Waals surface area contributed by atoms with Gasteiger partial charge in [-0.05, 0) is 22.8 Å².